The molecule has 2 rings (SSSR count). The van der Waals surface area contributed by atoms with Gasteiger partial charge in [-0.1, -0.05) is 29.8 Å². The van der Waals surface area contributed by atoms with Crippen molar-refractivity contribution in [2.75, 3.05) is 7.11 Å². The fourth-order valence-corrected chi connectivity index (χ4v) is 2.89. The van der Waals surface area contributed by atoms with Crippen LogP contribution in [-0.4, -0.2) is 12.9 Å². The third-order valence-corrected chi connectivity index (χ3v) is 4.04. The maximum Gasteiger partial charge on any atom is 0.196 e. The fraction of sp³-hybridized carbons (Fsp3) is 0.143. The van der Waals surface area contributed by atoms with Gasteiger partial charge in [0.2, 0.25) is 0 Å². The zero-order chi connectivity index (χ0) is 13.8. The number of rotatable bonds is 4. The molecule has 1 aromatic heterocycles. The molecule has 3 nitrogen and oxygen atoms in total. The van der Waals surface area contributed by atoms with Crippen LogP contribution in [0.2, 0.25) is 5.02 Å². The number of benzene rings is 1. The van der Waals surface area contributed by atoms with Gasteiger partial charge in [-0.2, -0.15) is 5.26 Å². The van der Waals surface area contributed by atoms with Gasteiger partial charge in [-0.25, -0.2) is 0 Å². The summed E-state index contributed by atoms with van der Waals surface area (Å²) in [6, 6.07) is 10.7. The first-order valence-electron chi connectivity index (χ1n) is 5.48. The highest BCUT2D eigenvalue weighted by atomic mass is 35.5. The molecule has 0 radical (unpaired) electrons. The molecule has 1 aromatic carbocycles. The third-order valence-electron chi connectivity index (χ3n) is 2.68. The highest BCUT2D eigenvalue weighted by Gasteiger charge is 2.27. The van der Waals surface area contributed by atoms with Crippen LogP contribution in [0.25, 0.3) is 0 Å². The van der Waals surface area contributed by atoms with Gasteiger partial charge in [-0.15, -0.1) is 11.3 Å². The molecule has 2 aromatic rings. The van der Waals surface area contributed by atoms with Gasteiger partial charge in [-0.3, -0.25) is 4.79 Å². The average molecular weight is 292 g/mol. The topological polar surface area (TPSA) is 50.1 Å². The Hall–Kier alpha value is -1.83. The van der Waals surface area contributed by atoms with E-state index < -0.39 is 5.92 Å². The molecule has 0 spiro atoms. The Morgan fingerprint density at radius 1 is 1.42 bits per heavy atom. The molecule has 0 aliphatic heterocycles. The molecular weight excluding hydrogens is 282 g/mol. The van der Waals surface area contributed by atoms with E-state index in [1.54, 1.807) is 35.7 Å². The second-order valence-electron chi connectivity index (χ2n) is 3.77. The number of carbonyl (C=O) groups excluding carboxylic acids is 1. The van der Waals surface area contributed by atoms with Gasteiger partial charge in [-0.05, 0) is 17.5 Å². The van der Waals surface area contributed by atoms with Crippen molar-refractivity contribution in [3.8, 4) is 11.8 Å². The number of Topliss-reactive ketones (excluding diaryl/α,β-unsaturated/α-hetero) is 1. The Labute approximate surface area is 120 Å². The second kappa shape index (κ2) is 5.87. The maximum absolute atomic E-state index is 12.4. The van der Waals surface area contributed by atoms with Crippen LogP contribution >= 0.6 is 22.9 Å². The van der Waals surface area contributed by atoms with Crippen LogP contribution in [0.3, 0.4) is 0 Å². The number of methoxy groups -OCH3 is 1. The highest BCUT2D eigenvalue weighted by Crippen LogP contribution is 2.32. The van der Waals surface area contributed by atoms with Crippen molar-refractivity contribution >= 4 is 28.7 Å². The Morgan fingerprint density at radius 2 is 2.16 bits per heavy atom. The van der Waals surface area contributed by atoms with E-state index in [0.717, 1.165) is 0 Å². The summed E-state index contributed by atoms with van der Waals surface area (Å²) in [6.45, 7) is 0. The molecule has 96 valence electrons. The van der Waals surface area contributed by atoms with Crippen molar-refractivity contribution in [2.24, 2.45) is 0 Å². The second-order valence-corrected chi connectivity index (χ2v) is 5.09. The number of hydrogen-bond donors (Lipinski definition) is 0. The molecule has 0 bridgehead atoms. The van der Waals surface area contributed by atoms with Gasteiger partial charge in [0, 0.05) is 5.56 Å². The summed E-state index contributed by atoms with van der Waals surface area (Å²) < 4.78 is 5.19. The van der Waals surface area contributed by atoms with Crippen LogP contribution < -0.4 is 4.74 Å². The summed E-state index contributed by atoms with van der Waals surface area (Å²) in [7, 11) is 1.51. The first kappa shape index (κ1) is 13.6. The van der Waals surface area contributed by atoms with E-state index in [9.17, 15) is 10.1 Å². The Morgan fingerprint density at radius 3 is 2.74 bits per heavy atom. The number of hydrogen-bond acceptors (Lipinski definition) is 4. The van der Waals surface area contributed by atoms with E-state index in [0.29, 0.717) is 21.2 Å². The van der Waals surface area contributed by atoms with Crippen LogP contribution in [0.1, 0.15) is 21.2 Å². The molecule has 0 N–H and O–H groups in total. The van der Waals surface area contributed by atoms with E-state index in [1.165, 1.54) is 18.4 Å². The van der Waals surface area contributed by atoms with Crippen LogP contribution in [0.5, 0.6) is 5.75 Å². The normalized spacial score (nSPS) is 11.6. The van der Waals surface area contributed by atoms with Crippen LogP contribution in [0.4, 0.5) is 0 Å². The van der Waals surface area contributed by atoms with Crippen LogP contribution in [0.15, 0.2) is 35.7 Å². The lowest BCUT2D eigenvalue weighted by Crippen LogP contribution is -2.11. The average Bonchev–Trinajstić information content (AvgIpc) is 2.86. The van der Waals surface area contributed by atoms with Gasteiger partial charge in [0.1, 0.15) is 11.7 Å². The number of para-hydroxylation sites is 1. The summed E-state index contributed by atoms with van der Waals surface area (Å²) in [5.74, 6) is -0.686. The molecule has 0 fully saturated rings. The van der Waals surface area contributed by atoms with Crippen molar-refractivity contribution < 1.29 is 9.53 Å². The number of ether oxygens (including phenoxy) is 1. The molecule has 0 amide bonds. The molecule has 5 heteroatoms. The van der Waals surface area contributed by atoms with E-state index in [4.69, 9.17) is 16.3 Å². The zero-order valence-corrected chi connectivity index (χ0v) is 11.7. The fourth-order valence-electron chi connectivity index (χ4n) is 1.77. The number of halogens is 1. The van der Waals surface area contributed by atoms with E-state index in [-0.39, 0.29) is 5.78 Å². The summed E-state index contributed by atoms with van der Waals surface area (Å²) in [4.78, 5) is 12.8. The third kappa shape index (κ3) is 2.62. The van der Waals surface area contributed by atoms with Crippen molar-refractivity contribution in [1.82, 2.24) is 0 Å². The van der Waals surface area contributed by atoms with Crippen molar-refractivity contribution in [1.29, 1.82) is 5.26 Å². The molecular formula is C14H10ClNO2S. The predicted molar refractivity (Wildman–Crippen MR) is 75.0 cm³/mol. The highest BCUT2D eigenvalue weighted by molar-refractivity contribution is 7.12. The van der Waals surface area contributed by atoms with Gasteiger partial charge in [0.25, 0.3) is 0 Å². The summed E-state index contributed by atoms with van der Waals surface area (Å²) in [5.41, 5.74) is 0.557. The number of thiophene rings is 1. The predicted octanol–water partition coefficient (Wildman–Crippen LogP) is 3.90. The van der Waals surface area contributed by atoms with E-state index in [1.807, 2.05) is 6.07 Å². The Kier molecular flexibility index (Phi) is 4.20. The summed E-state index contributed by atoms with van der Waals surface area (Å²) in [6.07, 6.45) is 0. The monoisotopic (exact) mass is 291 g/mol. The lowest BCUT2D eigenvalue weighted by atomic mass is 9.94. The van der Waals surface area contributed by atoms with Gasteiger partial charge >= 0.3 is 0 Å². The smallest absolute Gasteiger partial charge is 0.196 e. The Balaban J connectivity index is 2.44. The van der Waals surface area contributed by atoms with Gasteiger partial charge in [0.15, 0.2) is 5.78 Å². The largest absolute Gasteiger partial charge is 0.496 e. The minimum absolute atomic E-state index is 0.299. The number of nitrogens with zero attached hydrogens (tertiary/aromatic N) is 1. The zero-order valence-electron chi connectivity index (χ0n) is 10.1. The Bertz CT molecular complexity index is 645. The quantitative estimate of drug-likeness (QED) is 0.803. The minimum Gasteiger partial charge on any atom is -0.496 e. The molecule has 0 aliphatic carbocycles. The van der Waals surface area contributed by atoms with Crippen molar-refractivity contribution in [2.45, 2.75) is 5.92 Å². The number of nitriles is 1. The molecule has 1 heterocycles. The van der Waals surface area contributed by atoms with Crippen molar-refractivity contribution in [3.63, 3.8) is 0 Å². The maximum atomic E-state index is 12.4. The first-order valence-corrected chi connectivity index (χ1v) is 6.74. The van der Waals surface area contributed by atoms with E-state index in [2.05, 4.69) is 0 Å². The van der Waals surface area contributed by atoms with E-state index >= 15 is 0 Å². The molecule has 0 aliphatic rings. The van der Waals surface area contributed by atoms with Crippen molar-refractivity contribution in [3.05, 3.63) is 51.2 Å². The van der Waals surface area contributed by atoms with Crippen LogP contribution in [0, 0.1) is 11.3 Å². The molecule has 1 unspecified atom stereocenters. The van der Waals surface area contributed by atoms with Gasteiger partial charge in [0.05, 0.1) is 23.1 Å². The minimum atomic E-state index is -0.910. The molecule has 0 saturated carbocycles. The number of carbonyl (C=O) groups is 1. The lowest BCUT2D eigenvalue weighted by molar-refractivity contribution is 0.0982. The molecule has 19 heavy (non-hydrogen) atoms. The van der Waals surface area contributed by atoms with Gasteiger partial charge < -0.3 is 4.74 Å². The van der Waals surface area contributed by atoms with Crippen LogP contribution in [-0.2, 0) is 0 Å². The molecule has 0 saturated heterocycles. The first-order chi connectivity index (χ1) is 9.19. The SMILES string of the molecule is COc1ccccc1C(C#N)C(=O)c1sccc1Cl. The molecule has 1 atom stereocenters. The summed E-state index contributed by atoms with van der Waals surface area (Å²) >= 11 is 7.18. The lowest BCUT2D eigenvalue weighted by Gasteiger charge is -2.12. The number of ketones is 1. The summed E-state index contributed by atoms with van der Waals surface area (Å²) in [5, 5.41) is 11.4. The standard InChI is InChI=1S/C14H10ClNO2S/c1-18-12-5-3-2-4-9(12)10(8-16)13(17)14-11(15)6-7-19-14/h2-7,10H,1H3.